The molecule has 0 bridgehead atoms. The Balaban J connectivity index is 1.81. The monoisotopic (exact) mass is 260 g/mol. The van der Waals surface area contributed by atoms with Gasteiger partial charge in [-0.05, 0) is 0 Å². The zero-order valence-corrected chi connectivity index (χ0v) is 11.8. The maximum absolute atomic E-state index is 10.4. The van der Waals surface area contributed by atoms with E-state index in [9.17, 15) is 5.11 Å². The van der Waals surface area contributed by atoms with Crippen LogP contribution >= 0.6 is 0 Å². The molecule has 106 valence electrons. The van der Waals surface area contributed by atoms with Crippen LogP contribution < -0.4 is 0 Å². The van der Waals surface area contributed by atoms with E-state index in [0.29, 0.717) is 0 Å². The van der Waals surface area contributed by atoms with Crippen LogP contribution in [0.15, 0.2) is 0 Å². The molecular formula is C13H28N2O3+2. The molecule has 0 aromatic carbocycles. The number of rotatable bonds is 4. The molecule has 0 atom stereocenters. The molecule has 0 unspecified atom stereocenters. The largest absolute Gasteiger partial charge is 0.382 e. The standard InChI is InChI=1S/C13H28N2O3/c1-14(3-7-17-8-4-14)11-13(16)12-15(2)5-9-18-10-6-15/h13,16H,3-12H2,1-2H3/q+2. The van der Waals surface area contributed by atoms with Gasteiger partial charge in [-0.25, -0.2) is 0 Å². The Hall–Kier alpha value is -0.200. The first-order valence-corrected chi connectivity index (χ1v) is 7.02. The molecule has 0 aliphatic carbocycles. The van der Waals surface area contributed by atoms with Crippen LogP contribution in [-0.4, -0.2) is 100.0 Å². The lowest BCUT2D eigenvalue weighted by Gasteiger charge is -2.42. The number of quaternary nitrogens is 2. The molecule has 0 saturated carbocycles. The van der Waals surface area contributed by atoms with Crippen LogP contribution in [0.3, 0.4) is 0 Å². The van der Waals surface area contributed by atoms with Crippen molar-refractivity contribution in [1.29, 1.82) is 0 Å². The number of morpholine rings is 2. The van der Waals surface area contributed by atoms with Gasteiger partial charge in [-0.15, -0.1) is 0 Å². The predicted octanol–water partition coefficient (Wildman–Crippen LogP) is -0.699. The minimum Gasteiger partial charge on any atom is -0.382 e. The molecular weight excluding hydrogens is 232 g/mol. The molecule has 2 aliphatic rings. The summed E-state index contributed by atoms with van der Waals surface area (Å²) in [4.78, 5) is 0. The Morgan fingerprint density at radius 3 is 1.50 bits per heavy atom. The predicted molar refractivity (Wildman–Crippen MR) is 69.2 cm³/mol. The lowest BCUT2D eigenvalue weighted by Crippen LogP contribution is -2.60. The average molecular weight is 260 g/mol. The summed E-state index contributed by atoms with van der Waals surface area (Å²) in [6, 6.07) is 0. The van der Waals surface area contributed by atoms with Crippen molar-refractivity contribution in [1.82, 2.24) is 0 Å². The Morgan fingerprint density at radius 1 is 0.833 bits per heavy atom. The van der Waals surface area contributed by atoms with Crippen molar-refractivity contribution in [3.63, 3.8) is 0 Å². The second-order valence-electron chi connectivity index (χ2n) is 6.38. The maximum atomic E-state index is 10.4. The number of aliphatic hydroxyl groups is 1. The third-order valence-corrected chi connectivity index (χ3v) is 4.40. The van der Waals surface area contributed by atoms with E-state index in [4.69, 9.17) is 9.47 Å². The van der Waals surface area contributed by atoms with E-state index >= 15 is 0 Å². The van der Waals surface area contributed by atoms with Crippen LogP contribution in [0, 0.1) is 0 Å². The van der Waals surface area contributed by atoms with Gasteiger partial charge in [0.25, 0.3) is 0 Å². The van der Waals surface area contributed by atoms with Crippen LogP contribution in [0.25, 0.3) is 0 Å². The Bertz CT molecular complexity index is 235. The summed E-state index contributed by atoms with van der Waals surface area (Å²) in [5.41, 5.74) is 0. The highest BCUT2D eigenvalue weighted by Crippen LogP contribution is 2.13. The highest BCUT2D eigenvalue weighted by molar-refractivity contribution is 4.59. The van der Waals surface area contributed by atoms with Gasteiger partial charge in [-0.1, -0.05) is 0 Å². The fraction of sp³-hybridized carbons (Fsp3) is 1.00. The van der Waals surface area contributed by atoms with E-state index in [0.717, 1.165) is 74.7 Å². The number of hydrogen-bond acceptors (Lipinski definition) is 3. The number of likely N-dealkylation sites (N-methyl/N-ethyl adjacent to an activating group) is 2. The van der Waals surface area contributed by atoms with Gasteiger partial charge in [-0.2, -0.15) is 0 Å². The summed E-state index contributed by atoms with van der Waals surface area (Å²) in [6.45, 7) is 9.05. The first kappa shape index (κ1) is 14.2. The number of ether oxygens (including phenoxy) is 2. The Morgan fingerprint density at radius 2 is 1.17 bits per heavy atom. The van der Waals surface area contributed by atoms with Crippen LogP contribution in [0.2, 0.25) is 0 Å². The third kappa shape index (κ3) is 3.90. The molecule has 2 saturated heterocycles. The van der Waals surface area contributed by atoms with Crippen molar-refractivity contribution < 1.29 is 23.5 Å². The van der Waals surface area contributed by atoms with E-state index in [-0.39, 0.29) is 6.10 Å². The van der Waals surface area contributed by atoms with Crippen LogP contribution in [0.4, 0.5) is 0 Å². The second-order valence-corrected chi connectivity index (χ2v) is 6.38. The normalized spacial score (nSPS) is 27.3. The lowest BCUT2D eigenvalue weighted by atomic mass is 10.2. The summed E-state index contributed by atoms with van der Waals surface area (Å²) in [7, 11) is 4.45. The number of nitrogens with zero attached hydrogens (tertiary/aromatic N) is 2. The van der Waals surface area contributed by atoms with Gasteiger partial charge in [0.2, 0.25) is 0 Å². The van der Waals surface area contributed by atoms with Crippen molar-refractivity contribution in [2.24, 2.45) is 0 Å². The summed E-state index contributed by atoms with van der Waals surface area (Å²) in [5.74, 6) is 0. The van der Waals surface area contributed by atoms with Crippen LogP contribution in [-0.2, 0) is 9.47 Å². The smallest absolute Gasteiger partial charge is 0.152 e. The van der Waals surface area contributed by atoms with Crippen molar-refractivity contribution >= 4 is 0 Å². The maximum Gasteiger partial charge on any atom is 0.152 e. The van der Waals surface area contributed by atoms with E-state index < -0.39 is 0 Å². The van der Waals surface area contributed by atoms with Gasteiger partial charge < -0.3 is 23.5 Å². The Labute approximate surface area is 110 Å². The number of hydrogen-bond donors (Lipinski definition) is 1. The van der Waals surface area contributed by atoms with E-state index in [1.54, 1.807) is 0 Å². The van der Waals surface area contributed by atoms with Gasteiger partial charge in [-0.3, -0.25) is 0 Å². The fourth-order valence-corrected chi connectivity index (χ4v) is 3.01. The summed E-state index contributed by atoms with van der Waals surface area (Å²) in [5, 5.41) is 10.4. The highest BCUT2D eigenvalue weighted by Gasteiger charge is 2.34. The van der Waals surface area contributed by atoms with Crippen molar-refractivity contribution in [3.8, 4) is 0 Å². The van der Waals surface area contributed by atoms with Gasteiger partial charge >= 0.3 is 0 Å². The third-order valence-electron chi connectivity index (χ3n) is 4.40. The molecule has 5 heteroatoms. The Kier molecular flexibility index (Phi) is 4.61. The first-order valence-electron chi connectivity index (χ1n) is 7.02. The lowest BCUT2D eigenvalue weighted by molar-refractivity contribution is -0.939. The van der Waals surface area contributed by atoms with E-state index in [1.807, 2.05) is 0 Å². The molecule has 0 radical (unpaired) electrons. The molecule has 2 aliphatic heterocycles. The SMILES string of the molecule is C[N+]1(CC(O)C[N+]2(C)CCOCC2)CCOCC1. The van der Waals surface area contributed by atoms with Crippen LogP contribution in [0.5, 0.6) is 0 Å². The van der Waals surface area contributed by atoms with E-state index in [1.165, 1.54) is 0 Å². The minimum atomic E-state index is -0.226. The average Bonchev–Trinajstić information content (AvgIpc) is 2.29. The molecule has 0 amide bonds. The molecule has 18 heavy (non-hydrogen) atoms. The molecule has 0 aromatic rings. The quantitative estimate of drug-likeness (QED) is 0.680. The zero-order valence-electron chi connectivity index (χ0n) is 11.8. The van der Waals surface area contributed by atoms with Crippen LogP contribution in [0.1, 0.15) is 0 Å². The highest BCUT2D eigenvalue weighted by atomic mass is 16.5. The van der Waals surface area contributed by atoms with Crippen molar-refractivity contribution in [2.45, 2.75) is 6.10 Å². The summed E-state index contributed by atoms with van der Waals surface area (Å²) < 4.78 is 12.7. The van der Waals surface area contributed by atoms with E-state index in [2.05, 4.69) is 14.1 Å². The molecule has 2 heterocycles. The van der Waals surface area contributed by atoms with Crippen molar-refractivity contribution in [3.05, 3.63) is 0 Å². The van der Waals surface area contributed by atoms with Crippen molar-refractivity contribution in [2.75, 3.05) is 79.8 Å². The zero-order chi connectivity index (χ0) is 13.1. The second kappa shape index (κ2) is 5.84. The molecule has 0 spiro atoms. The number of aliphatic hydroxyl groups excluding tert-OH is 1. The van der Waals surface area contributed by atoms with Gasteiger partial charge in [0.15, 0.2) is 6.10 Å². The molecule has 2 fully saturated rings. The van der Waals surface area contributed by atoms with Gasteiger partial charge in [0.1, 0.15) is 39.3 Å². The fourth-order valence-electron chi connectivity index (χ4n) is 3.01. The van der Waals surface area contributed by atoms with Gasteiger partial charge in [0.05, 0.1) is 40.5 Å². The minimum absolute atomic E-state index is 0.226. The first-order chi connectivity index (χ1) is 8.52. The topological polar surface area (TPSA) is 38.7 Å². The summed E-state index contributed by atoms with van der Waals surface area (Å²) in [6.07, 6.45) is -0.226. The molecule has 5 nitrogen and oxygen atoms in total. The molecule has 0 aromatic heterocycles. The summed E-state index contributed by atoms with van der Waals surface area (Å²) >= 11 is 0. The van der Waals surface area contributed by atoms with Gasteiger partial charge in [0, 0.05) is 0 Å². The molecule has 2 rings (SSSR count). The molecule has 1 N–H and O–H groups in total.